The van der Waals surface area contributed by atoms with Gasteiger partial charge in [0, 0.05) is 12.0 Å². The Bertz CT molecular complexity index is 657. The summed E-state index contributed by atoms with van der Waals surface area (Å²) in [6.45, 7) is 2.03. The van der Waals surface area contributed by atoms with Gasteiger partial charge in [0.1, 0.15) is 5.82 Å². The van der Waals surface area contributed by atoms with Crippen LogP contribution in [0.5, 0.6) is 0 Å². The van der Waals surface area contributed by atoms with E-state index >= 15 is 0 Å². The van der Waals surface area contributed by atoms with Crippen molar-refractivity contribution < 1.29 is 9.53 Å². The molecule has 0 spiro atoms. The highest BCUT2D eigenvalue weighted by Crippen LogP contribution is 2.33. The zero-order chi connectivity index (χ0) is 14.8. The number of H-pyrrole nitrogens is 1. The van der Waals surface area contributed by atoms with Crippen LogP contribution in [0.4, 0.5) is 0 Å². The fourth-order valence-corrected chi connectivity index (χ4v) is 2.53. The number of nitrogens with one attached hydrogen (secondary N) is 1. The van der Waals surface area contributed by atoms with Crippen LogP contribution in [0.2, 0.25) is 0 Å². The summed E-state index contributed by atoms with van der Waals surface area (Å²) in [6.07, 6.45) is 6.81. The Hall–Kier alpha value is -2.10. The fraction of sp³-hybridized carbons (Fsp3) is 0.412. The smallest absolute Gasteiger partial charge is 0.337 e. The van der Waals surface area contributed by atoms with E-state index in [2.05, 4.69) is 9.97 Å². The van der Waals surface area contributed by atoms with E-state index in [9.17, 15) is 4.79 Å². The summed E-state index contributed by atoms with van der Waals surface area (Å²) < 4.78 is 4.78. The summed E-state index contributed by atoms with van der Waals surface area (Å²) in [5.41, 5.74) is 3.64. The first-order valence-corrected chi connectivity index (χ1v) is 7.40. The Kier molecular flexibility index (Phi) is 3.78. The summed E-state index contributed by atoms with van der Waals surface area (Å²) in [5, 5.41) is 0. The molecular weight excluding hydrogens is 264 g/mol. The van der Waals surface area contributed by atoms with Gasteiger partial charge in [-0.3, -0.25) is 0 Å². The molecule has 0 aliphatic heterocycles. The second-order valence-electron chi connectivity index (χ2n) is 5.75. The third kappa shape index (κ3) is 3.15. The minimum atomic E-state index is -0.315. The number of aromatic nitrogens is 2. The number of nitrogens with zero attached hydrogens (tertiary/aromatic N) is 1. The highest BCUT2D eigenvalue weighted by atomic mass is 16.5. The largest absolute Gasteiger partial charge is 0.465 e. The summed E-state index contributed by atoms with van der Waals surface area (Å²) >= 11 is 0. The second-order valence-corrected chi connectivity index (χ2v) is 5.75. The maximum atomic E-state index is 11.6. The Balaban J connectivity index is 1.82. The summed E-state index contributed by atoms with van der Waals surface area (Å²) in [7, 11) is 1.40. The first-order valence-electron chi connectivity index (χ1n) is 7.40. The number of esters is 1. The number of hydrogen-bond acceptors (Lipinski definition) is 3. The van der Waals surface area contributed by atoms with E-state index < -0.39 is 0 Å². The van der Waals surface area contributed by atoms with Gasteiger partial charge >= 0.3 is 5.97 Å². The van der Waals surface area contributed by atoms with E-state index in [4.69, 9.17) is 4.74 Å². The maximum absolute atomic E-state index is 11.6. The molecule has 0 amide bonds. The molecular formula is C17H20N2O2. The molecule has 3 rings (SSSR count). The Morgan fingerprint density at radius 3 is 2.95 bits per heavy atom. The molecule has 110 valence electrons. The summed E-state index contributed by atoms with van der Waals surface area (Å²) in [6, 6.07) is 5.58. The fourth-order valence-electron chi connectivity index (χ4n) is 2.53. The van der Waals surface area contributed by atoms with Crippen LogP contribution in [0.15, 0.2) is 24.4 Å². The van der Waals surface area contributed by atoms with E-state index in [-0.39, 0.29) is 5.97 Å². The number of carbonyl (C=O) groups excluding carboxylic acids is 1. The van der Waals surface area contributed by atoms with E-state index in [0.29, 0.717) is 5.56 Å². The van der Waals surface area contributed by atoms with Crippen LogP contribution in [0.25, 0.3) is 11.3 Å². The molecule has 21 heavy (non-hydrogen) atoms. The van der Waals surface area contributed by atoms with E-state index in [1.165, 1.54) is 26.4 Å². The molecule has 2 aromatic rings. The number of hydrogen-bond donors (Lipinski definition) is 1. The van der Waals surface area contributed by atoms with Crippen molar-refractivity contribution in [1.29, 1.82) is 0 Å². The van der Waals surface area contributed by atoms with Crippen molar-refractivity contribution in [2.24, 2.45) is 5.92 Å². The van der Waals surface area contributed by atoms with E-state index in [0.717, 1.165) is 35.0 Å². The van der Waals surface area contributed by atoms with Gasteiger partial charge < -0.3 is 9.72 Å². The van der Waals surface area contributed by atoms with Crippen molar-refractivity contribution in [3.63, 3.8) is 0 Å². The molecule has 0 saturated heterocycles. The summed E-state index contributed by atoms with van der Waals surface area (Å²) in [5.74, 6) is 1.62. The number of ether oxygens (including phenoxy) is 1. The van der Waals surface area contributed by atoms with Crippen LogP contribution in [-0.4, -0.2) is 23.0 Å². The van der Waals surface area contributed by atoms with Crippen molar-refractivity contribution in [1.82, 2.24) is 9.97 Å². The Morgan fingerprint density at radius 2 is 2.24 bits per heavy atom. The van der Waals surface area contributed by atoms with Crippen LogP contribution in [0, 0.1) is 12.8 Å². The number of rotatable bonds is 5. The zero-order valence-electron chi connectivity index (χ0n) is 12.5. The molecule has 1 aromatic heterocycles. The van der Waals surface area contributed by atoms with Crippen LogP contribution in [0.3, 0.4) is 0 Å². The summed E-state index contributed by atoms with van der Waals surface area (Å²) in [4.78, 5) is 19.5. The van der Waals surface area contributed by atoms with Gasteiger partial charge in [0.2, 0.25) is 0 Å². The molecule has 0 radical (unpaired) electrons. The lowest BCUT2D eigenvalue weighted by atomic mass is 10.0. The zero-order valence-corrected chi connectivity index (χ0v) is 12.5. The molecule has 1 heterocycles. The highest BCUT2D eigenvalue weighted by Gasteiger charge is 2.21. The Labute approximate surface area is 124 Å². The van der Waals surface area contributed by atoms with Gasteiger partial charge in [-0.15, -0.1) is 0 Å². The molecule has 1 aromatic carbocycles. The van der Waals surface area contributed by atoms with Gasteiger partial charge in [0.15, 0.2) is 0 Å². The van der Waals surface area contributed by atoms with Crippen molar-refractivity contribution in [2.45, 2.75) is 32.6 Å². The minimum absolute atomic E-state index is 0.315. The minimum Gasteiger partial charge on any atom is -0.465 e. The topological polar surface area (TPSA) is 55.0 Å². The van der Waals surface area contributed by atoms with Crippen LogP contribution in [-0.2, 0) is 11.2 Å². The molecule has 1 fully saturated rings. The molecule has 1 saturated carbocycles. The van der Waals surface area contributed by atoms with Gasteiger partial charge in [0.05, 0.1) is 24.6 Å². The molecule has 0 bridgehead atoms. The predicted octanol–water partition coefficient (Wildman–Crippen LogP) is 3.51. The molecule has 0 unspecified atom stereocenters. The lowest BCUT2D eigenvalue weighted by Gasteiger charge is -2.06. The standard InChI is InChI=1S/C17H20N2O2/c1-11-3-7-13(17(20)21-2)9-14(11)15-10-18-16(19-15)8-6-12-4-5-12/h3,7,9-10,12H,4-6,8H2,1-2H3,(H,18,19). The van der Waals surface area contributed by atoms with Crippen LogP contribution >= 0.6 is 0 Å². The van der Waals surface area contributed by atoms with Crippen molar-refractivity contribution in [3.05, 3.63) is 41.3 Å². The normalized spacial score (nSPS) is 14.2. The SMILES string of the molecule is COC(=O)c1ccc(C)c(-c2cnc(CCC3CC3)[nH]2)c1. The number of aryl methyl sites for hydroxylation is 2. The van der Waals surface area contributed by atoms with Crippen molar-refractivity contribution >= 4 is 5.97 Å². The number of benzene rings is 1. The number of aromatic amines is 1. The molecule has 1 aliphatic carbocycles. The maximum Gasteiger partial charge on any atom is 0.337 e. The first kappa shape index (κ1) is 13.9. The predicted molar refractivity (Wildman–Crippen MR) is 81.1 cm³/mol. The highest BCUT2D eigenvalue weighted by molar-refractivity contribution is 5.91. The van der Waals surface area contributed by atoms with Gasteiger partial charge in [-0.25, -0.2) is 9.78 Å². The average molecular weight is 284 g/mol. The lowest BCUT2D eigenvalue weighted by molar-refractivity contribution is 0.0601. The van der Waals surface area contributed by atoms with Crippen LogP contribution < -0.4 is 0 Å². The first-order chi connectivity index (χ1) is 10.2. The molecule has 1 aliphatic rings. The third-order valence-electron chi connectivity index (χ3n) is 4.06. The lowest BCUT2D eigenvalue weighted by Crippen LogP contribution is -2.01. The van der Waals surface area contributed by atoms with Gasteiger partial charge in [-0.2, -0.15) is 0 Å². The van der Waals surface area contributed by atoms with Crippen LogP contribution in [0.1, 0.15) is 41.0 Å². The van der Waals surface area contributed by atoms with Gasteiger partial charge in [-0.05, 0) is 37.0 Å². The molecule has 1 N–H and O–H groups in total. The second kappa shape index (κ2) is 5.72. The molecule has 0 atom stereocenters. The van der Waals surface area contributed by atoms with Crippen molar-refractivity contribution in [2.75, 3.05) is 7.11 Å². The third-order valence-corrected chi connectivity index (χ3v) is 4.06. The number of carbonyl (C=O) groups is 1. The van der Waals surface area contributed by atoms with E-state index in [1.54, 1.807) is 6.07 Å². The number of methoxy groups -OCH3 is 1. The van der Waals surface area contributed by atoms with Crippen molar-refractivity contribution in [3.8, 4) is 11.3 Å². The average Bonchev–Trinajstić information content (AvgIpc) is 3.22. The monoisotopic (exact) mass is 284 g/mol. The quantitative estimate of drug-likeness (QED) is 0.855. The Morgan fingerprint density at radius 1 is 1.43 bits per heavy atom. The molecule has 4 nitrogen and oxygen atoms in total. The van der Waals surface area contributed by atoms with E-state index in [1.807, 2.05) is 25.3 Å². The van der Waals surface area contributed by atoms with Gasteiger partial charge in [-0.1, -0.05) is 18.9 Å². The molecule has 4 heteroatoms. The number of imidazole rings is 1. The van der Waals surface area contributed by atoms with Gasteiger partial charge in [0.25, 0.3) is 0 Å².